The quantitative estimate of drug-likeness (QED) is 0.846. The van der Waals surface area contributed by atoms with E-state index in [0.717, 1.165) is 5.56 Å². The molecule has 5 heteroatoms. The summed E-state index contributed by atoms with van der Waals surface area (Å²) in [6, 6.07) is 9.09. The molecule has 0 spiro atoms. The summed E-state index contributed by atoms with van der Waals surface area (Å²) in [5.74, 6) is -0.0941. The van der Waals surface area contributed by atoms with Crippen molar-refractivity contribution in [3.63, 3.8) is 0 Å². The lowest BCUT2D eigenvalue weighted by Crippen LogP contribution is -2.26. The fraction of sp³-hybridized carbons (Fsp3) is 0.200. The van der Waals surface area contributed by atoms with Gasteiger partial charge in [-0.05, 0) is 29.8 Å². The average molecular weight is 266 g/mol. The van der Waals surface area contributed by atoms with Crippen molar-refractivity contribution in [3.05, 3.63) is 59.7 Å². The van der Waals surface area contributed by atoms with Crippen LogP contribution >= 0.6 is 0 Å². The number of carbonyl (C=O) groups is 1. The van der Waals surface area contributed by atoms with Gasteiger partial charge in [0.05, 0.1) is 18.2 Å². The van der Waals surface area contributed by atoms with Crippen molar-refractivity contribution in [2.24, 2.45) is 0 Å². The first-order chi connectivity index (χ1) is 9.70. The first-order valence-corrected chi connectivity index (χ1v) is 6.17. The van der Waals surface area contributed by atoms with Gasteiger partial charge in [-0.2, -0.15) is 5.26 Å². The second-order valence-electron chi connectivity index (χ2n) is 4.39. The molecule has 0 radical (unpaired) electrons. The number of hydrogen-bond donors (Lipinski definition) is 0. The van der Waals surface area contributed by atoms with E-state index in [9.17, 15) is 4.79 Å². The van der Waals surface area contributed by atoms with Gasteiger partial charge in [-0.3, -0.25) is 14.8 Å². The Labute approximate surface area is 117 Å². The van der Waals surface area contributed by atoms with Crippen molar-refractivity contribution >= 4 is 5.91 Å². The highest BCUT2D eigenvalue weighted by Crippen LogP contribution is 2.09. The summed E-state index contributed by atoms with van der Waals surface area (Å²) < 4.78 is 0. The monoisotopic (exact) mass is 266 g/mol. The molecule has 0 saturated carbocycles. The maximum Gasteiger partial charge on any atom is 0.254 e. The Morgan fingerprint density at radius 3 is 2.75 bits per heavy atom. The molecule has 0 N–H and O–H groups in total. The summed E-state index contributed by atoms with van der Waals surface area (Å²) >= 11 is 0. The molecule has 0 saturated heterocycles. The Morgan fingerprint density at radius 1 is 1.30 bits per heavy atom. The minimum Gasteiger partial charge on any atom is -0.337 e. The maximum absolute atomic E-state index is 12.3. The summed E-state index contributed by atoms with van der Waals surface area (Å²) in [4.78, 5) is 21.9. The average Bonchev–Trinajstić information content (AvgIpc) is 2.48. The molecule has 5 nitrogen and oxygen atoms in total. The number of carbonyl (C=O) groups excluding carboxylic acids is 1. The van der Waals surface area contributed by atoms with Gasteiger partial charge in [0.1, 0.15) is 0 Å². The maximum atomic E-state index is 12.3. The molecule has 0 aliphatic heterocycles. The van der Waals surface area contributed by atoms with Gasteiger partial charge < -0.3 is 4.90 Å². The SMILES string of the molecule is CN(Cc1ccncc1)C(=O)c1ccnc(CC#N)c1. The third kappa shape index (κ3) is 3.39. The molecule has 0 bridgehead atoms. The van der Waals surface area contributed by atoms with E-state index >= 15 is 0 Å². The highest BCUT2D eigenvalue weighted by Gasteiger charge is 2.12. The lowest BCUT2D eigenvalue weighted by Gasteiger charge is -2.17. The van der Waals surface area contributed by atoms with Gasteiger partial charge in [-0.1, -0.05) is 0 Å². The Bertz CT molecular complexity index is 634. The van der Waals surface area contributed by atoms with Gasteiger partial charge >= 0.3 is 0 Å². The van der Waals surface area contributed by atoms with Gasteiger partial charge in [0, 0.05) is 37.7 Å². The zero-order chi connectivity index (χ0) is 14.4. The van der Waals surface area contributed by atoms with Crippen LogP contribution in [-0.2, 0) is 13.0 Å². The van der Waals surface area contributed by atoms with E-state index < -0.39 is 0 Å². The van der Waals surface area contributed by atoms with Crippen LogP contribution in [0, 0.1) is 11.3 Å². The number of pyridine rings is 2. The van der Waals surface area contributed by atoms with Gasteiger partial charge in [0.25, 0.3) is 5.91 Å². The summed E-state index contributed by atoms with van der Waals surface area (Å²) in [5, 5.41) is 8.66. The number of nitriles is 1. The van der Waals surface area contributed by atoms with Crippen LogP contribution in [-0.4, -0.2) is 27.8 Å². The number of rotatable bonds is 4. The molecule has 0 aliphatic carbocycles. The third-order valence-corrected chi connectivity index (χ3v) is 2.84. The Morgan fingerprint density at radius 2 is 2.05 bits per heavy atom. The van der Waals surface area contributed by atoms with E-state index in [-0.39, 0.29) is 12.3 Å². The first kappa shape index (κ1) is 13.7. The van der Waals surface area contributed by atoms with Crippen molar-refractivity contribution in [1.29, 1.82) is 5.26 Å². The summed E-state index contributed by atoms with van der Waals surface area (Å²) in [5.41, 5.74) is 2.17. The molecular formula is C15H14N4O. The van der Waals surface area contributed by atoms with Crippen molar-refractivity contribution in [2.75, 3.05) is 7.05 Å². The molecule has 0 unspecified atom stereocenters. The molecule has 2 aromatic heterocycles. The second kappa shape index (κ2) is 6.43. The van der Waals surface area contributed by atoms with Crippen LogP contribution in [0.3, 0.4) is 0 Å². The predicted molar refractivity (Wildman–Crippen MR) is 73.6 cm³/mol. The molecule has 0 fully saturated rings. The molecule has 2 aromatic rings. The fourth-order valence-electron chi connectivity index (χ4n) is 1.84. The van der Waals surface area contributed by atoms with E-state index in [2.05, 4.69) is 9.97 Å². The first-order valence-electron chi connectivity index (χ1n) is 6.17. The van der Waals surface area contributed by atoms with E-state index in [4.69, 9.17) is 5.26 Å². The Hall–Kier alpha value is -2.74. The lowest BCUT2D eigenvalue weighted by molar-refractivity contribution is 0.0785. The van der Waals surface area contributed by atoms with Gasteiger partial charge in [0.15, 0.2) is 0 Å². The van der Waals surface area contributed by atoms with E-state index in [1.165, 1.54) is 0 Å². The van der Waals surface area contributed by atoms with E-state index in [1.54, 1.807) is 42.7 Å². The predicted octanol–water partition coefficient (Wildman–Crippen LogP) is 1.81. The summed E-state index contributed by atoms with van der Waals surface area (Å²) in [7, 11) is 1.74. The normalized spacial score (nSPS) is 9.80. The minimum atomic E-state index is -0.0941. The molecule has 100 valence electrons. The van der Waals surface area contributed by atoms with E-state index in [0.29, 0.717) is 17.8 Å². The Kier molecular flexibility index (Phi) is 4.40. The van der Waals surface area contributed by atoms with Crippen LogP contribution in [0.1, 0.15) is 21.6 Å². The second-order valence-corrected chi connectivity index (χ2v) is 4.39. The van der Waals surface area contributed by atoms with Crippen molar-refractivity contribution < 1.29 is 4.79 Å². The van der Waals surface area contributed by atoms with Crippen LogP contribution in [0.2, 0.25) is 0 Å². The van der Waals surface area contributed by atoms with Crippen molar-refractivity contribution in [1.82, 2.24) is 14.9 Å². The fourth-order valence-corrected chi connectivity index (χ4v) is 1.84. The summed E-state index contributed by atoms with van der Waals surface area (Å²) in [6.45, 7) is 0.511. The van der Waals surface area contributed by atoms with Crippen molar-refractivity contribution in [3.8, 4) is 6.07 Å². The van der Waals surface area contributed by atoms with Gasteiger partial charge in [-0.15, -0.1) is 0 Å². The van der Waals surface area contributed by atoms with Crippen LogP contribution in [0.4, 0.5) is 0 Å². The molecule has 0 aliphatic rings. The van der Waals surface area contributed by atoms with Crippen molar-refractivity contribution in [2.45, 2.75) is 13.0 Å². The van der Waals surface area contributed by atoms with Crippen LogP contribution in [0.5, 0.6) is 0 Å². The standard InChI is InChI=1S/C15H14N4O/c1-19(11-12-3-7-17-8-4-12)15(20)13-5-9-18-14(10-13)2-6-16/h3-5,7-10H,2,11H2,1H3. The lowest BCUT2D eigenvalue weighted by atomic mass is 10.1. The number of nitrogens with zero attached hydrogens (tertiary/aromatic N) is 4. The van der Waals surface area contributed by atoms with E-state index in [1.807, 2.05) is 18.2 Å². The molecule has 20 heavy (non-hydrogen) atoms. The molecule has 0 atom stereocenters. The van der Waals surface area contributed by atoms with Gasteiger partial charge in [0.2, 0.25) is 0 Å². The third-order valence-electron chi connectivity index (χ3n) is 2.84. The minimum absolute atomic E-state index is 0.0941. The molecule has 2 heterocycles. The van der Waals surface area contributed by atoms with Gasteiger partial charge in [-0.25, -0.2) is 0 Å². The zero-order valence-corrected chi connectivity index (χ0v) is 11.2. The summed E-state index contributed by atoms with van der Waals surface area (Å²) in [6.07, 6.45) is 5.16. The number of aromatic nitrogens is 2. The zero-order valence-electron chi connectivity index (χ0n) is 11.2. The molecule has 1 amide bonds. The molecule has 2 rings (SSSR count). The molecule has 0 aromatic carbocycles. The van der Waals surface area contributed by atoms with Crippen LogP contribution in [0.15, 0.2) is 42.9 Å². The molecular weight excluding hydrogens is 252 g/mol. The topological polar surface area (TPSA) is 69.9 Å². The largest absolute Gasteiger partial charge is 0.337 e. The smallest absolute Gasteiger partial charge is 0.254 e. The van der Waals surface area contributed by atoms with Crippen LogP contribution in [0.25, 0.3) is 0 Å². The van der Waals surface area contributed by atoms with Crippen LogP contribution < -0.4 is 0 Å². The number of hydrogen-bond acceptors (Lipinski definition) is 4. The highest BCUT2D eigenvalue weighted by atomic mass is 16.2. The number of amides is 1. The highest BCUT2D eigenvalue weighted by molar-refractivity contribution is 5.94. The Balaban J connectivity index is 2.11.